The molecule has 0 radical (unpaired) electrons. The number of amides is 1. The Morgan fingerprint density at radius 3 is 2.30 bits per heavy atom. The largest absolute Gasteiger partial charge is 0.493 e. The Labute approximate surface area is 176 Å². The van der Waals surface area contributed by atoms with Gasteiger partial charge in [0.1, 0.15) is 5.75 Å². The van der Waals surface area contributed by atoms with Gasteiger partial charge in [-0.3, -0.25) is 4.79 Å². The molecule has 0 saturated carbocycles. The molecule has 0 spiro atoms. The van der Waals surface area contributed by atoms with Crippen molar-refractivity contribution in [1.29, 1.82) is 0 Å². The number of carbonyl (C=O) groups is 1. The van der Waals surface area contributed by atoms with Gasteiger partial charge in [0.05, 0.1) is 25.7 Å². The SMILES string of the molecule is COCCNS(=O)(=O)c1ccc(OCC(=O)NCc2ccc(OC)c(OC)c2)cc1. The third-order valence-corrected chi connectivity index (χ3v) is 5.52. The van der Waals surface area contributed by atoms with Crippen LogP contribution in [0.3, 0.4) is 0 Å². The van der Waals surface area contributed by atoms with E-state index in [2.05, 4.69) is 10.0 Å². The second-order valence-corrected chi connectivity index (χ2v) is 7.88. The molecule has 30 heavy (non-hydrogen) atoms. The summed E-state index contributed by atoms with van der Waals surface area (Å²) in [5, 5.41) is 2.74. The Kier molecular flexibility index (Phi) is 8.90. The number of benzene rings is 2. The van der Waals surface area contributed by atoms with E-state index in [4.69, 9.17) is 18.9 Å². The zero-order valence-electron chi connectivity index (χ0n) is 17.1. The maximum atomic E-state index is 12.1. The molecule has 0 unspecified atom stereocenters. The lowest BCUT2D eigenvalue weighted by molar-refractivity contribution is -0.123. The molecule has 2 N–H and O–H groups in total. The predicted molar refractivity (Wildman–Crippen MR) is 110 cm³/mol. The van der Waals surface area contributed by atoms with E-state index in [0.29, 0.717) is 23.8 Å². The van der Waals surface area contributed by atoms with Crippen LogP contribution >= 0.6 is 0 Å². The van der Waals surface area contributed by atoms with Crippen LogP contribution in [0.15, 0.2) is 47.4 Å². The van der Waals surface area contributed by atoms with Crippen molar-refractivity contribution in [2.75, 3.05) is 41.1 Å². The van der Waals surface area contributed by atoms with Gasteiger partial charge < -0.3 is 24.3 Å². The van der Waals surface area contributed by atoms with Crippen LogP contribution in [0.1, 0.15) is 5.56 Å². The lowest BCUT2D eigenvalue weighted by Gasteiger charge is -2.11. The molecule has 0 atom stereocenters. The molecule has 0 aliphatic heterocycles. The van der Waals surface area contributed by atoms with Crippen LogP contribution in [0.2, 0.25) is 0 Å². The van der Waals surface area contributed by atoms with Crippen molar-refractivity contribution in [3.05, 3.63) is 48.0 Å². The highest BCUT2D eigenvalue weighted by molar-refractivity contribution is 7.89. The summed E-state index contributed by atoms with van der Waals surface area (Å²) in [6.07, 6.45) is 0. The second kappa shape index (κ2) is 11.4. The zero-order valence-corrected chi connectivity index (χ0v) is 18.0. The van der Waals surface area contributed by atoms with Crippen molar-refractivity contribution in [2.45, 2.75) is 11.4 Å². The maximum absolute atomic E-state index is 12.1. The third-order valence-electron chi connectivity index (χ3n) is 4.04. The Morgan fingerprint density at radius 1 is 0.967 bits per heavy atom. The van der Waals surface area contributed by atoms with Crippen LogP contribution in [0.25, 0.3) is 0 Å². The molecule has 9 nitrogen and oxygen atoms in total. The molecule has 1 amide bonds. The number of nitrogens with one attached hydrogen (secondary N) is 2. The molecule has 0 bridgehead atoms. The van der Waals surface area contributed by atoms with E-state index in [1.165, 1.54) is 31.4 Å². The fourth-order valence-electron chi connectivity index (χ4n) is 2.47. The van der Waals surface area contributed by atoms with E-state index in [-0.39, 0.29) is 30.6 Å². The minimum absolute atomic E-state index is 0.101. The molecule has 164 valence electrons. The van der Waals surface area contributed by atoms with Gasteiger partial charge in [-0.15, -0.1) is 0 Å². The number of carbonyl (C=O) groups excluding carboxylic acids is 1. The van der Waals surface area contributed by atoms with E-state index in [9.17, 15) is 13.2 Å². The number of ether oxygens (including phenoxy) is 4. The summed E-state index contributed by atoms with van der Waals surface area (Å²) in [6.45, 7) is 0.550. The fourth-order valence-corrected chi connectivity index (χ4v) is 3.48. The minimum atomic E-state index is -3.61. The molecule has 0 aromatic heterocycles. The lowest BCUT2D eigenvalue weighted by Crippen LogP contribution is -2.28. The van der Waals surface area contributed by atoms with Gasteiger partial charge >= 0.3 is 0 Å². The van der Waals surface area contributed by atoms with Crippen molar-refractivity contribution in [3.8, 4) is 17.2 Å². The standard InChI is InChI=1S/C20H26N2O7S/c1-26-11-10-22-30(24,25)17-7-5-16(6-8-17)29-14-20(23)21-13-15-4-9-18(27-2)19(12-15)28-3/h4-9,12,22H,10-11,13-14H2,1-3H3,(H,21,23). The first kappa shape index (κ1) is 23.5. The fraction of sp³-hybridized carbons (Fsp3) is 0.350. The Hall–Kier alpha value is -2.82. The van der Waals surface area contributed by atoms with Gasteiger partial charge in [-0.2, -0.15) is 0 Å². The smallest absolute Gasteiger partial charge is 0.258 e. The first-order valence-electron chi connectivity index (χ1n) is 9.08. The normalized spacial score (nSPS) is 11.0. The number of sulfonamides is 1. The average Bonchev–Trinajstić information content (AvgIpc) is 2.76. The molecule has 0 heterocycles. The van der Waals surface area contributed by atoms with Crippen molar-refractivity contribution in [3.63, 3.8) is 0 Å². The molecular weight excluding hydrogens is 412 g/mol. The van der Waals surface area contributed by atoms with E-state index < -0.39 is 10.0 Å². The molecule has 10 heteroatoms. The molecule has 2 aromatic rings. The summed E-state index contributed by atoms with van der Waals surface area (Å²) in [7, 11) is 0.970. The summed E-state index contributed by atoms with van der Waals surface area (Å²) < 4.78 is 47.3. The summed E-state index contributed by atoms with van der Waals surface area (Å²) >= 11 is 0. The first-order chi connectivity index (χ1) is 14.4. The van der Waals surface area contributed by atoms with Gasteiger partial charge in [-0.05, 0) is 42.0 Å². The van der Waals surface area contributed by atoms with Gasteiger partial charge in [-0.1, -0.05) is 6.07 Å². The summed E-state index contributed by atoms with van der Waals surface area (Å²) in [5.74, 6) is 1.25. The van der Waals surface area contributed by atoms with Gasteiger partial charge in [0.25, 0.3) is 5.91 Å². The maximum Gasteiger partial charge on any atom is 0.258 e. The van der Waals surface area contributed by atoms with E-state index in [0.717, 1.165) is 5.56 Å². The van der Waals surface area contributed by atoms with Crippen LogP contribution in [0.5, 0.6) is 17.2 Å². The molecule has 2 rings (SSSR count). The van der Waals surface area contributed by atoms with Gasteiger partial charge in [-0.25, -0.2) is 13.1 Å². The van der Waals surface area contributed by atoms with E-state index in [1.54, 1.807) is 26.4 Å². The molecular formula is C20H26N2O7S. The van der Waals surface area contributed by atoms with E-state index >= 15 is 0 Å². The number of rotatable bonds is 12. The Morgan fingerprint density at radius 2 is 1.67 bits per heavy atom. The topological polar surface area (TPSA) is 112 Å². The Bertz CT molecular complexity index is 931. The zero-order chi connectivity index (χ0) is 22.0. The first-order valence-corrected chi connectivity index (χ1v) is 10.6. The highest BCUT2D eigenvalue weighted by Gasteiger charge is 2.13. The van der Waals surface area contributed by atoms with Crippen LogP contribution in [-0.2, 0) is 26.1 Å². The molecule has 2 aromatic carbocycles. The summed E-state index contributed by atoms with van der Waals surface area (Å²) in [4.78, 5) is 12.1. The second-order valence-electron chi connectivity index (χ2n) is 6.12. The highest BCUT2D eigenvalue weighted by Crippen LogP contribution is 2.27. The van der Waals surface area contributed by atoms with Crippen LogP contribution in [0.4, 0.5) is 0 Å². The number of hydrogen-bond donors (Lipinski definition) is 2. The summed E-state index contributed by atoms with van der Waals surface area (Å²) in [5.41, 5.74) is 0.844. The monoisotopic (exact) mass is 438 g/mol. The number of methoxy groups -OCH3 is 3. The van der Waals surface area contributed by atoms with Crippen LogP contribution < -0.4 is 24.2 Å². The van der Waals surface area contributed by atoms with Crippen molar-refractivity contribution in [2.24, 2.45) is 0 Å². The molecule has 0 saturated heterocycles. The Balaban J connectivity index is 1.83. The van der Waals surface area contributed by atoms with Crippen molar-refractivity contribution in [1.82, 2.24) is 10.0 Å². The number of hydrogen-bond acceptors (Lipinski definition) is 7. The third kappa shape index (κ3) is 6.90. The summed E-state index contributed by atoms with van der Waals surface area (Å²) in [6, 6.07) is 11.2. The predicted octanol–water partition coefficient (Wildman–Crippen LogP) is 1.32. The van der Waals surface area contributed by atoms with Crippen LogP contribution in [-0.4, -0.2) is 55.4 Å². The van der Waals surface area contributed by atoms with Crippen molar-refractivity contribution < 1.29 is 32.2 Å². The van der Waals surface area contributed by atoms with Gasteiger partial charge in [0, 0.05) is 20.2 Å². The van der Waals surface area contributed by atoms with Crippen LogP contribution in [0, 0.1) is 0 Å². The average molecular weight is 439 g/mol. The highest BCUT2D eigenvalue weighted by atomic mass is 32.2. The van der Waals surface area contributed by atoms with Gasteiger partial charge in [0.15, 0.2) is 18.1 Å². The quantitative estimate of drug-likeness (QED) is 0.481. The lowest BCUT2D eigenvalue weighted by atomic mass is 10.2. The molecule has 0 aliphatic carbocycles. The van der Waals surface area contributed by atoms with E-state index in [1.807, 2.05) is 6.07 Å². The molecule has 0 fully saturated rings. The van der Waals surface area contributed by atoms with Crippen molar-refractivity contribution >= 4 is 15.9 Å². The minimum Gasteiger partial charge on any atom is -0.493 e. The van der Waals surface area contributed by atoms with Gasteiger partial charge in [0.2, 0.25) is 10.0 Å². The molecule has 0 aliphatic rings.